The van der Waals surface area contributed by atoms with Crippen molar-refractivity contribution in [2.75, 3.05) is 6.61 Å². The molecule has 1 atom stereocenters. The van der Waals surface area contributed by atoms with Crippen molar-refractivity contribution in [2.24, 2.45) is 7.05 Å². The van der Waals surface area contributed by atoms with E-state index in [1.807, 2.05) is 38.1 Å². The number of carboxylic acids is 1. The van der Waals surface area contributed by atoms with Crippen molar-refractivity contribution in [1.82, 2.24) is 15.1 Å². The minimum Gasteiger partial charge on any atom is -0.481 e. The molecule has 2 aromatic rings. The van der Waals surface area contributed by atoms with E-state index in [4.69, 9.17) is 9.84 Å². The predicted octanol–water partition coefficient (Wildman–Crippen LogP) is 2.06. The van der Waals surface area contributed by atoms with E-state index in [-0.39, 0.29) is 18.9 Å². The van der Waals surface area contributed by atoms with Gasteiger partial charge >= 0.3 is 5.97 Å². The third kappa shape index (κ3) is 4.59. The first-order valence-corrected chi connectivity index (χ1v) is 7.99. The number of amides is 1. The molecule has 0 saturated carbocycles. The normalized spacial score (nSPS) is 11.8. The Balaban J connectivity index is 2.07. The molecule has 0 aliphatic rings. The van der Waals surface area contributed by atoms with E-state index < -0.39 is 12.0 Å². The molecule has 2 rings (SSSR count). The maximum atomic E-state index is 12.3. The number of aliphatic carboxylic acids is 1. The number of benzene rings is 1. The summed E-state index contributed by atoms with van der Waals surface area (Å²) in [5.74, 6) is -0.783. The second kappa shape index (κ2) is 7.83. The van der Waals surface area contributed by atoms with Gasteiger partial charge in [-0.15, -0.1) is 0 Å². The fourth-order valence-corrected chi connectivity index (χ4v) is 2.73. The number of ether oxygens (including phenoxy) is 1. The third-order valence-corrected chi connectivity index (χ3v) is 4.07. The van der Waals surface area contributed by atoms with Gasteiger partial charge in [0.25, 0.3) is 5.91 Å². The molecule has 1 aromatic heterocycles. The van der Waals surface area contributed by atoms with Crippen molar-refractivity contribution in [3.8, 4) is 5.75 Å². The summed E-state index contributed by atoms with van der Waals surface area (Å²) in [4.78, 5) is 23.4. The molecule has 1 unspecified atom stereocenters. The lowest BCUT2D eigenvalue weighted by atomic mass is 9.99. The summed E-state index contributed by atoms with van der Waals surface area (Å²) >= 11 is 0. The second-order valence-corrected chi connectivity index (χ2v) is 5.99. The van der Waals surface area contributed by atoms with E-state index in [9.17, 15) is 9.59 Å². The standard InChI is InChI=1S/C18H23N3O4/c1-11-7-5-6-8-14(11)15(9-17(23)24)19-16(22)10-25-18-12(2)20-21(4)13(18)3/h5-8,15H,9-10H2,1-4H3,(H,19,22)(H,23,24). The maximum Gasteiger partial charge on any atom is 0.305 e. The number of nitrogens with one attached hydrogen (secondary N) is 1. The Morgan fingerprint density at radius 1 is 1.28 bits per heavy atom. The monoisotopic (exact) mass is 345 g/mol. The van der Waals surface area contributed by atoms with Crippen LogP contribution in [0.2, 0.25) is 0 Å². The van der Waals surface area contributed by atoms with E-state index >= 15 is 0 Å². The molecule has 25 heavy (non-hydrogen) atoms. The molecule has 1 aromatic carbocycles. The molecule has 0 fully saturated rings. The van der Waals surface area contributed by atoms with Crippen molar-refractivity contribution in [3.05, 3.63) is 46.8 Å². The first-order chi connectivity index (χ1) is 11.8. The zero-order valence-electron chi connectivity index (χ0n) is 14.9. The van der Waals surface area contributed by atoms with Gasteiger partial charge in [0.2, 0.25) is 0 Å². The summed E-state index contributed by atoms with van der Waals surface area (Å²) < 4.78 is 7.26. The number of carboxylic acid groups (broad SMARTS) is 1. The number of aromatic nitrogens is 2. The Morgan fingerprint density at radius 3 is 2.52 bits per heavy atom. The van der Waals surface area contributed by atoms with Gasteiger partial charge < -0.3 is 15.2 Å². The van der Waals surface area contributed by atoms with Crippen LogP contribution in [0.25, 0.3) is 0 Å². The van der Waals surface area contributed by atoms with Gasteiger partial charge in [-0.25, -0.2) is 0 Å². The summed E-state index contributed by atoms with van der Waals surface area (Å²) in [5, 5.41) is 16.1. The molecular formula is C18H23N3O4. The van der Waals surface area contributed by atoms with E-state index in [1.54, 1.807) is 18.7 Å². The Morgan fingerprint density at radius 2 is 1.96 bits per heavy atom. The lowest BCUT2D eigenvalue weighted by Crippen LogP contribution is -2.34. The van der Waals surface area contributed by atoms with Gasteiger partial charge in [-0.1, -0.05) is 24.3 Å². The molecule has 0 spiro atoms. The summed E-state index contributed by atoms with van der Waals surface area (Å²) in [6.45, 7) is 5.35. The molecule has 1 heterocycles. The largest absolute Gasteiger partial charge is 0.481 e. The Hall–Kier alpha value is -2.83. The fourth-order valence-electron chi connectivity index (χ4n) is 2.73. The lowest BCUT2D eigenvalue weighted by molar-refractivity contribution is -0.137. The van der Waals surface area contributed by atoms with Gasteiger partial charge in [0.15, 0.2) is 12.4 Å². The molecule has 7 heteroatoms. The highest BCUT2D eigenvalue weighted by atomic mass is 16.5. The number of aryl methyl sites for hydroxylation is 3. The minimum absolute atomic E-state index is 0.193. The molecule has 0 aliphatic carbocycles. The molecule has 2 N–H and O–H groups in total. The van der Waals surface area contributed by atoms with Crippen LogP contribution in [0.3, 0.4) is 0 Å². The average Bonchev–Trinajstić information content (AvgIpc) is 2.77. The quantitative estimate of drug-likeness (QED) is 0.801. The lowest BCUT2D eigenvalue weighted by Gasteiger charge is -2.19. The molecule has 7 nitrogen and oxygen atoms in total. The summed E-state index contributed by atoms with van der Waals surface area (Å²) in [7, 11) is 1.80. The van der Waals surface area contributed by atoms with Crippen LogP contribution < -0.4 is 10.1 Å². The van der Waals surface area contributed by atoms with Crippen LogP contribution in [0.15, 0.2) is 24.3 Å². The summed E-state index contributed by atoms with van der Waals surface area (Å²) in [6, 6.07) is 6.79. The van der Waals surface area contributed by atoms with Crippen LogP contribution in [0, 0.1) is 20.8 Å². The highest BCUT2D eigenvalue weighted by Gasteiger charge is 2.20. The number of rotatable bonds is 7. The van der Waals surface area contributed by atoms with Crippen LogP contribution in [-0.2, 0) is 16.6 Å². The molecule has 0 saturated heterocycles. The summed E-state index contributed by atoms with van der Waals surface area (Å²) in [5.41, 5.74) is 3.24. The number of hydrogen-bond acceptors (Lipinski definition) is 4. The van der Waals surface area contributed by atoms with Gasteiger partial charge in [0, 0.05) is 7.05 Å². The Labute approximate surface area is 146 Å². The van der Waals surface area contributed by atoms with E-state index in [2.05, 4.69) is 10.4 Å². The van der Waals surface area contributed by atoms with Crippen LogP contribution in [-0.4, -0.2) is 33.4 Å². The van der Waals surface area contributed by atoms with Crippen LogP contribution >= 0.6 is 0 Å². The van der Waals surface area contributed by atoms with Crippen molar-refractivity contribution in [3.63, 3.8) is 0 Å². The number of hydrogen-bond donors (Lipinski definition) is 2. The zero-order valence-corrected chi connectivity index (χ0v) is 14.9. The third-order valence-electron chi connectivity index (χ3n) is 4.07. The van der Waals surface area contributed by atoms with E-state index in [0.717, 1.165) is 16.8 Å². The van der Waals surface area contributed by atoms with E-state index in [0.29, 0.717) is 11.4 Å². The van der Waals surface area contributed by atoms with Gasteiger partial charge in [0.1, 0.15) is 5.69 Å². The average molecular weight is 345 g/mol. The number of nitrogens with zero attached hydrogens (tertiary/aromatic N) is 2. The van der Waals surface area contributed by atoms with Gasteiger partial charge in [-0.3, -0.25) is 14.3 Å². The molecule has 0 aliphatic heterocycles. The van der Waals surface area contributed by atoms with Crippen molar-refractivity contribution in [1.29, 1.82) is 0 Å². The van der Waals surface area contributed by atoms with Crippen LogP contribution in [0.4, 0.5) is 0 Å². The van der Waals surface area contributed by atoms with Gasteiger partial charge in [-0.05, 0) is 31.9 Å². The smallest absolute Gasteiger partial charge is 0.305 e. The Kier molecular flexibility index (Phi) is 5.80. The topological polar surface area (TPSA) is 93.5 Å². The Bertz CT molecular complexity index is 783. The fraction of sp³-hybridized carbons (Fsp3) is 0.389. The predicted molar refractivity (Wildman–Crippen MR) is 92.5 cm³/mol. The van der Waals surface area contributed by atoms with E-state index in [1.165, 1.54) is 0 Å². The maximum absolute atomic E-state index is 12.3. The highest BCUT2D eigenvalue weighted by Crippen LogP contribution is 2.22. The molecule has 134 valence electrons. The van der Waals surface area contributed by atoms with Crippen molar-refractivity contribution >= 4 is 11.9 Å². The van der Waals surface area contributed by atoms with Gasteiger partial charge in [0.05, 0.1) is 18.2 Å². The van der Waals surface area contributed by atoms with Crippen LogP contribution in [0.5, 0.6) is 5.75 Å². The zero-order chi connectivity index (χ0) is 18.6. The van der Waals surface area contributed by atoms with Gasteiger partial charge in [-0.2, -0.15) is 5.10 Å². The molecule has 1 amide bonds. The molecule has 0 bridgehead atoms. The summed E-state index contributed by atoms with van der Waals surface area (Å²) in [6.07, 6.45) is -0.193. The van der Waals surface area contributed by atoms with Crippen LogP contribution in [0.1, 0.15) is 35.0 Å². The second-order valence-electron chi connectivity index (χ2n) is 5.99. The number of carbonyl (C=O) groups is 2. The molecule has 0 radical (unpaired) electrons. The molecular weight excluding hydrogens is 322 g/mol. The first-order valence-electron chi connectivity index (χ1n) is 7.99. The van der Waals surface area contributed by atoms with Crippen molar-refractivity contribution in [2.45, 2.75) is 33.2 Å². The minimum atomic E-state index is -0.978. The SMILES string of the molecule is Cc1ccccc1C(CC(=O)O)NC(=O)COc1c(C)nn(C)c1C. The van der Waals surface area contributed by atoms with Crippen molar-refractivity contribution < 1.29 is 19.4 Å². The highest BCUT2D eigenvalue weighted by molar-refractivity contribution is 5.79. The first kappa shape index (κ1) is 18.5. The number of carbonyl (C=O) groups excluding carboxylic acids is 1.